The largest absolute Gasteiger partial charge is 0.485 e. The minimum absolute atomic E-state index is 0.0784. The summed E-state index contributed by atoms with van der Waals surface area (Å²) >= 11 is 0. The van der Waals surface area contributed by atoms with Crippen LogP contribution in [0.2, 0.25) is 0 Å². The van der Waals surface area contributed by atoms with Gasteiger partial charge in [0.1, 0.15) is 11.9 Å². The highest BCUT2D eigenvalue weighted by Gasteiger charge is 2.35. The maximum Gasteiger partial charge on any atom is 0.303 e. The summed E-state index contributed by atoms with van der Waals surface area (Å²) in [6.07, 6.45) is 2.55. The molecule has 19 heavy (non-hydrogen) atoms. The van der Waals surface area contributed by atoms with Crippen molar-refractivity contribution in [3.8, 4) is 5.75 Å². The van der Waals surface area contributed by atoms with E-state index < -0.39 is 5.97 Å². The average Bonchev–Trinajstić information content (AvgIpc) is 3.15. The van der Waals surface area contributed by atoms with Gasteiger partial charge in [0.15, 0.2) is 0 Å². The van der Waals surface area contributed by atoms with Crippen molar-refractivity contribution in [1.82, 2.24) is 0 Å². The predicted molar refractivity (Wildman–Crippen MR) is 69.4 cm³/mol. The summed E-state index contributed by atoms with van der Waals surface area (Å²) in [4.78, 5) is 11.1. The fraction of sp³-hybridized carbons (Fsp3) is 0.533. The van der Waals surface area contributed by atoms with Gasteiger partial charge in [-0.2, -0.15) is 0 Å². The van der Waals surface area contributed by atoms with Gasteiger partial charge in [-0.15, -0.1) is 0 Å². The standard InChI is InChI=1S/C15H18O4/c16-15(17)7-13(10-5-6-10)12-3-1-2-4-14(12)19-11-8-18-9-11/h1-4,10-11,13H,5-9H2,(H,16,17). The van der Waals surface area contributed by atoms with Gasteiger partial charge < -0.3 is 14.6 Å². The van der Waals surface area contributed by atoms with Crippen molar-refractivity contribution in [3.05, 3.63) is 29.8 Å². The van der Waals surface area contributed by atoms with Gasteiger partial charge in [0.05, 0.1) is 19.6 Å². The molecule has 3 rings (SSSR count). The van der Waals surface area contributed by atoms with Crippen LogP contribution in [-0.2, 0) is 9.53 Å². The van der Waals surface area contributed by atoms with E-state index in [2.05, 4.69) is 0 Å². The Morgan fingerprint density at radius 3 is 2.68 bits per heavy atom. The number of rotatable bonds is 6. The first-order chi connectivity index (χ1) is 9.24. The summed E-state index contributed by atoms with van der Waals surface area (Å²) < 4.78 is 11.0. The first kappa shape index (κ1) is 12.5. The molecule has 0 aromatic heterocycles. The Kier molecular flexibility index (Phi) is 3.42. The van der Waals surface area contributed by atoms with Crippen LogP contribution >= 0.6 is 0 Å². The second-order valence-corrected chi connectivity index (χ2v) is 5.36. The van der Waals surface area contributed by atoms with Crippen LogP contribution in [0, 0.1) is 5.92 Å². The number of aliphatic carboxylic acids is 1. The lowest BCUT2D eigenvalue weighted by molar-refractivity contribution is -0.137. The fourth-order valence-corrected chi connectivity index (χ4v) is 2.57. The summed E-state index contributed by atoms with van der Waals surface area (Å²) in [5.41, 5.74) is 1.04. The molecule has 1 N–H and O–H groups in total. The molecular weight excluding hydrogens is 244 g/mol. The van der Waals surface area contributed by atoms with Crippen LogP contribution in [0.1, 0.15) is 30.7 Å². The second kappa shape index (κ2) is 5.21. The van der Waals surface area contributed by atoms with Gasteiger partial charge in [0.25, 0.3) is 0 Å². The van der Waals surface area contributed by atoms with Crippen LogP contribution in [0.5, 0.6) is 5.75 Å². The Hall–Kier alpha value is -1.55. The van der Waals surface area contributed by atoms with E-state index in [-0.39, 0.29) is 18.4 Å². The van der Waals surface area contributed by atoms with E-state index >= 15 is 0 Å². The molecule has 1 atom stereocenters. The molecule has 1 saturated heterocycles. The fourth-order valence-electron chi connectivity index (χ4n) is 2.57. The van der Waals surface area contributed by atoms with Gasteiger partial charge in [-0.3, -0.25) is 4.79 Å². The zero-order valence-electron chi connectivity index (χ0n) is 10.7. The first-order valence-corrected chi connectivity index (χ1v) is 6.79. The highest BCUT2D eigenvalue weighted by Crippen LogP contribution is 2.47. The molecule has 1 unspecified atom stereocenters. The molecular formula is C15H18O4. The third-order valence-corrected chi connectivity index (χ3v) is 3.81. The van der Waals surface area contributed by atoms with Crippen LogP contribution in [-0.4, -0.2) is 30.4 Å². The molecule has 4 heteroatoms. The van der Waals surface area contributed by atoms with Crippen LogP contribution in [0.15, 0.2) is 24.3 Å². The number of carboxylic acid groups (broad SMARTS) is 1. The lowest BCUT2D eigenvalue weighted by Crippen LogP contribution is -2.38. The molecule has 0 radical (unpaired) electrons. The molecule has 0 spiro atoms. The van der Waals surface area contributed by atoms with Crippen molar-refractivity contribution in [2.75, 3.05) is 13.2 Å². The molecule has 1 saturated carbocycles. The number of ether oxygens (including phenoxy) is 2. The molecule has 0 amide bonds. The highest BCUT2D eigenvalue weighted by molar-refractivity contribution is 5.68. The predicted octanol–water partition coefficient (Wildman–Crippen LogP) is 2.43. The minimum atomic E-state index is -0.737. The summed E-state index contributed by atoms with van der Waals surface area (Å²) in [6, 6.07) is 7.82. The van der Waals surface area contributed by atoms with Gasteiger partial charge in [-0.1, -0.05) is 18.2 Å². The third kappa shape index (κ3) is 2.89. The Bertz CT molecular complexity index is 463. The lowest BCUT2D eigenvalue weighted by atomic mass is 9.90. The van der Waals surface area contributed by atoms with Gasteiger partial charge >= 0.3 is 5.97 Å². The van der Waals surface area contributed by atoms with Crippen LogP contribution in [0.25, 0.3) is 0 Å². The minimum Gasteiger partial charge on any atom is -0.485 e. The van der Waals surface area contributed by atoms with Gasteiger partial charge in [-0.05, 0) is 30.4 Å². The molecule has 1 aromatic rings. The molecule has 2 aliphatic rings. The summed E-state index contributed by atoms with van der Waals surface area (Å²) in [7, 11) is 0. The maximum atomic E-state index is 11.1. The highest BCUT2D eigenvalue weighted by atomic mass is 16.6. The van der Waals surface area contributed by atoms with Crippen LogP contribution in [0.3, 0.4) is 0 Å². The van der Waals surface area contributed by atoms with E-state index in [0.29, 0.717) is 19.1 Å². The maximum absolute atomic E-state index is 11.1. The Labute approximate surface area is 112 Å². The quantitative estimate of drug-likeness (QED) is 0.855. The second-order valence-electron chi connectivity index (χ2n) is 5.36. The van der Waals surface area contributed by atoms with Gasteiger partial charge in [-0.25, -0.2) is 0 Å². The Morgan fingerprint density at radius 1 is 1.37 bits per heavy atom. The van der Waals surface area contributed by atoms with Crippen molar-refractivity contribution in [2.24, 2.45) is 5.92 Å². The number of hydrogen-bond acceptors (Lipinski definition) is 3. The normalized spacial score (nSPS) is 20.6. The van der Waals surface area contributed by atoms with Gasteiger partial charge in [0, 0.05) is 5.92 Å². The SMILES string of the molecule is O=C(O)CC(c1ccccc1OC1COC1)C1CC1. The molecule has 1 aliphatic carbocycles. The van der Waals surface area contributed by atoms with Crippen molar-refractivity contribution in [1.29, 1.82) is 0 Å². The van der Waals surface area contributed by atoms with Crippen LogP contribution < -0.4 is 4.74 Å². The summed E-state index contributed by atoms with van der Waals surface area (Å²) in [5.74, 6) is 0.667. The van der Waals surface area contributed by atoms with E-state index in [4.69, 9.17) is 14.6 Å². The van der Waals surface area contributed by atoms with Crippen molar-refractivity contribution in [2.45, 2.75) is 31.3 Å². The van der Waals surface area contributed by atoms with Crippen molar-refractivity contribution in [3.63, 3.8) is 0 Å². The van der Waals surface area contributed by atoms with E-state index in [0.717, 1.165) is 24.2 Å². The molecule has 102 valence electrons. The lowest BCUT2D eigenvalue weighted by Gasteiger charge is -2.29. The average molecular weight is 262 g/mol. The molecule has 1 aromatic carbocycles. The van der Waals surface area contributed by atoms with E-state index in [9.17, 15) is 4.79 Å². The molecule has 4 nitrogen and oxygen atoms in total. The Balaban J connectivity index is 1.81. The number of carbonyl (C=O) groups is 1. The van der Waals surface area contributed by atoms with E-state index in [1.165, 1.54) is 0 Å². The van der Waals surface area contributed by atoms with Crippen LogP contribution in [0.4, 0.5) is 0 Å². The molecule has 1 aliphatic heterocycles. The van der Waals surface area contributed by atoms with Gasteiger partial charge in [0.2, 0.25) is 0 Å². The molecule has 0 bridgehead atoms. The topological polar surface area (TPSA) is 55.8 Å². The van der Waals surface area contributed by atoms with E-state index in [1.54, 1.807) is 0 Å². The smallest absolute Gasteiger partial charge is 0.303 e. The molecule has 1 heterocycles. The van der Waals surface area contributed by atoms with Crippen molar-refractivity contribution < 1.29 is 19.4 Å². The monoisotopic (exact) mass is 262 g/mol. The Morgan fingerprint density at radius 2 is 2.11 bits per heavy atom. The zero-order valence-corrected chi connectivity index (χ0v) is 10.7. The van der Waals surface area contributed by atoms with Crippen molar-refractivity contribution >= 4 is 5.97 Å². The van der Waals surface area contributed by atoms with E-state index in [1.807, 2.05) is 24.3 Å². The zero-order chi connectivity index (χ0) is 13.2. The number of carboxylic acids is 1. The summed E-state index contributed by atoms with van der Waals surface area (Å²) in [5, 5.41) is 9.09. The third-order valence-electron chi connectivity index (χ3n) is 3.81. The number of para-hydroxylation sites is 1. The first-order valence-electron chi connectivity index (χ1n) is 6.79. The summed E-state index contributed by atoms with van der Waals surface area (Å²) in [6.45, 7) is 1.25. The number of benzene rings is 1. The molecule has 2 fully saturated rings. The number of hydrogen-bond donors (Lipinski definition) is 1.